The van der Waals surface area contributed by atoms with Crippen molar-refractivity contribution in [3.63, 3.8) is 0 Å². The molecule has 0 radical (unpaired) electrons. The number of esters is 1. The van der Waals surface area contributed by atoms with E-state index in [0.717, 1.165) is 45.0 Å². The summed E-state index contributed by atoms with van der Waals surface area (Å²) in [6.45, 7) is 6.29. The third kappa shape index (κ3) is 4.90. The summed E-state index contributed by atoms with van der Waals surface area (Å²) >= 11 is 0. The molecule has 0 aromatic heterocycles. The summed E-state index contributed by atoms with van der Waals surface area (Å²) in [7, 11) is 3.13. The quantitative estimate of drug-likeness (QED) is 0.445. The highest BCUT2D eigenvalue weighted by molar-refractivity contribution is 5.80. The maximum absolute atomic E-state index is 11.6. The minimum Gasteiger partial charge on any atom is -0.468 e. The van der Waals surface area contributed by atoms with Crippen LogP contribution < -0.4 is 15.1 Å². The molecule has 0 unspecified atom stereocenters. The number of ether oxygens (including phenoxy) is 1. The molecule has 2 aliphatic rings. The molecule has 2 heterocycles. The minimum absolute atomic E-state index is 0.0894. The van der Waals surface area contributed by atoms with Crippen LogP contribution in [-0.4, -0.2) is 83.0 Å². The number of isocyanates is 1. The summed E-state index contributed by atoms with van der Waals surface area (Å²) in [6, 6.07) is 6.50. The van der Waals surface area contributed by atoms with Crippen LogP contribution in [0, 0.1) is 0 Å². The number of methoxy groups -OCH3 is 1. The van der Waals surface area contributed by atoms with Crippen LogP contribution in [0.3, 0.4) is 0 Å². The number of likely N-dealkylation sites (N-methyl/N-ethyl adjacent to an activating group) is 1. The van der Waals surface area contributed by atoms with Gasteiger partial charge in [0.15, 0.2) is 0 Å². The molecular formula is C20H29N5O3. The number of rotatable bonds is 6. The molecule has 0 bridgehead atoms. The van der Waals surface area contributed by atoms with Gasteiger partial charge in [-0.25, -0.2) is 4.79 Å². The highest BCUT2D eigenvalue weighted by Gasteiger charge is 2.25. The highest BCUT2D eigenvalue weighted by atomic mass is 16.5. The lowest BCUT2D eigenvalue weighted by molar-refractivity contribution is -0.138. The van der Waals surface area contributed by atoms with E-state index in [4.69, 9.17) is 4.74 Å². The number of anilines is 2. The van der Waals surface area contributed by atoms with Gasteiger partial charge in [0.2, 0.25) is 6.08 Å². The van der Waals surface area contributed by atoms with Crippen molar-refractivity contribution in [3.05, 3.63) is 18.2 Å². The van der Waals surface area contributed by atoms with Gasteiger partial charge in [-0.1, -0.05) is 0 Å². The van der Waals surface area contributed by atoms with Gasteiger partial charge in [-0.05, 0) is 44.1 Å². The average molecular weight is 387 g/mol. The largest absolute Gasteiger partial charge is 0.468 e. The van der Waals surface area contributed by atoms with Gasteiger partial charge in [0.1, 0.15) is 12.2 Å². The maximum atomic E-state index is 11.6. The first-order chi connectivity index (χ1) is 13.6. The molecule has 8 heteroatoms. The number of carbonyl (C=O) groups excluding carboxylic acids is 2. The Kier molecular flexibility index (Phi) is 7.03. The van der Waals surface area contributed by atoms with Crippen LogP contribution in [0.1, 0.15) is 12.8 Å². The second kappa shape index (κ2) is 9.68. The summed E-state index contributed by atoms with van der Waals surface area (Å²) in [4.78, 5) is 33.0. The fraction of sp³-hybridized carbons (Fsp3) is 0.600. The van der Waals surface area contributed by atoms with Crippen molar-refractivity contribution in [3.8, 4) is 0 Å². The van der Waals surface area contributed by atoms with Crippen molar-refractivity contribution in [2.45, 2.75) is 18.9 Å². The van der Waals surface area contributed by atoms with Crippen LogP contribution in [0.5, 0.6) is 0 Å². The van der Waals surface area contributed by atoms with Crippen LogP contribution in [0.25, 0.3) is 0 Å². The smallest absolute Gasteiger partial charge is 0.325 e. The number of nitrogens with one attached hydrogen (secondary N) is 1. The van der Waals surface area contributed by atoms with Crippen molar-refractivity contribution in [1.82, 2.24) is 10.2 Å². The van der Waals surface area contributed by atoms with Crippen LogP contribution in [0.4, 0.5) is 17.1 Å². The van der Waals surface area contributed by atoms with Gasteiger partial charge in [-0.15, -0.1) is 0 Å². The monoisotopic (exact) mass is 387 g/mol. The lowest BCUT2D eigenvalue weighted by atomic mass is 10.0. The van der Waals surface area contributed by atoms with E-state index in [0.29, 0.717) is 17.4 Å². The normalized spacial score (nSPS) is 18.4. The maximum Gasteiger partial charge on any atom is 0.325 e. The summed E-state index contributed by atoms with van der Waals surface area (Å²) in [6.07, 6.45) is 4.07. The SMILES string of the molecule is COC(=O)CN(C)c1ccc(N2CCN(C3CCNCC3)CC2)cc1N=C=O. The third-order valence-electron chi connectivity index (χ3n) is 5.63. The lowest BCUT2D eigenvalue weighted by Crippen LogP contribution is -2.52. The van der Waals surface area contributed by atoms with E-state index >= 15 is 0 Å². The molecule has 2 saturated heterocycles. The van der Waals surface area contributed by atoms with Crippen LogP contribution in [0.15, 0.2) is 23.2 Å². The fourth-order valence-electron chi connectivity index (χ4n) is 4.03. The van der Waals surface area contributed by atoms with Gasteiger partial charge in [-0.3, -0.25) is 9.69 Å². The van der Waals surface area contributed by atoms with E-state index in [-0.39, 0.29) is 12.5 Å². The second-order valence-corrected chi connectivity index (χ2v) is 7.31. The summed E-state index contributed by atoms with van der Waals surface area (Å²) in [5.41, 5.74) is 2.25. The second-order valence-electron chi connectivity index (χ2n) is 7.31. The number of hydrogen-bond donors (Lipinski definition) is 1. The molecule has 0 aliphatic carbocycles. The van der Waals surface area contributed by atoms with Gasteiger partial charge in [0.25, 0.3) is 0 Å². The molecule has 0 spiro atoms. The Hall–Kier alpha value is -2.41. The molecular weight excluding hydrogens is 358 g/mol. The predicted octanol–water partition coefficient (Wildman–Crippen LogP) is 1.14. The van der Waals surface area contributed by atoms with Crippen LogP contribution in [0.2, 0.25) is 0 Å². The Bertz CT molecular complexity index is 721. The van der Waals surface area contributed by atoms with E-state index < -0.39 is 0 Å². The van der Waals surface area contributed by atoms with Crippen molar-refractivity contribution >= 4 is 29.1 Å². The van der Waals surface area contributed by atoms with Crippen molar-refractivity contribution in [2.75, 3.05) is 69.8 Å². The van der Waals surface area contributed by atoms with E-state index in [1.54, 1.807) is 18.0 Å². The molecule has 1 aromatic carbocycles. The summed E-state index contributed by atoms with van der Waals surface area (Å²) in [5, 5.41) is 3.42. The van der Waals surface area contributed by atoms with Crippen molar-refractivity contribution < 1.29 is 14.3 Å². The Balaban J connectivity index is 1.68. The van der Waals surface area contributed by atoms with Gasteiger partial charge in [0, 0.05) is 45.0 Å². The molecule has 28 heavy (non-hydrogen) atoms. The van der Waals surface area contributed by atoms with Crippen molar-refractivity contribution in [1.29, 1.82) is 0 Å². The first-order valence-corrected chi connectivity index (χ1v) is 9.82. The van der Waals surface area contributed by atoms with Gasteiger partial charge in [0.05, 0.1) is 12.8 Å². The number of aliphatic imine (C=N–C) groups is 1. The number of hydrogen-bond acceptors (Lipinski definition) is 8. The van der Waals surface area contributed by atoms with Gasteiger partial charge < -0.3 is 19.9 Å². The zero-order valence-corrected chi connectivity index (χ0v) is 16.7. The Morgan fingerprint density at radius 2 is 2.00 bits per heavy atom. The molecule has 2 aliphatic heterocycles. The third-order valence-corrected chi connectivity index (χ3v) is 5.63. The zero-order valence-electron chi connectivity index (χ0n) is 16.7. The Morgan fingerprint density at radius 3 is 2.64 bits per heavy atom. The lowest BCUT2D eigenvalue weighted by Gasteiger charge is -2.41. The number of carbonyl (C=O) groups is 1. The molecule has 0 atom stereocenters. The Labute approximate surface area is 166 Å². The zero-order chi connectivity index (χ0) is 19.9. The summed E-state index contributed by atoms with van der Waals surface area (Å²) < 4.78 is 4.72. The number of piperidine rings is 1. The molecule has 1 aromatic rings. The number of benzene rings is 1. The van der Waals surface area contributed by atoms with Crippen molar-refractivity contribution in [2.24, 2.45) is 4.99 Å². The number of piperazine rings is 1. The molecule has 152 valence electrons. The van der Waals surface area contributed by atoms with E-state index in [9.17, 15) is 9.59 Å². The minimum atomic E-state index is -0.346. The average Bonchev–Trinajstić information content (AvgIpc) is 2.74. The van der Waals surface area contributed by atoms with Gasteiger partial charge >= 0.3 is 5.97 Å². The molecule has 8 nitrogen and oxygen atoms in total. The Morgan fingerprint density at radius 1 is 1.29 bits per heavy atom. The summed E-state index contributed by atoms with van der Waals surface area (Å²) in [5.74, 6) is -0.346. The highest BCUT2D eigenvalue weighted by Crippen LogP contribution is 2.33. The predicted molar refractivity (Wildman–Crippen MR) is 109 cm³/mol. The molecule has 1 N–H and O–H groups in total. The molecule has 2 fully saturated rings. The topological polar surface area (TPSA) is 77.5 Å². The standard InChI is InChI=1S/C20H29N5O3/c1-23(14-20(27)28-2)19-4-3-17(13-18(19)22-15-26)25-11-9-24(10-12-25)16-5-7-21-8-6-16/h3-4,13,16,21H,5-12,14H2,1-2H3. The van der Waals surface area contributed by atoms with Crippen LogP contribution >= 0.6 is 0 Å². The molecule has 3 rings (SSSR count). The molecule has 0 saturated carbocycles. The van der Waals surface area contributed by atoms with E-state index in [1.165, 1.54) is 20.0 Å². The van der Waals surface area contributed by atoms with Crippen LogP contribution in [-0.2, 0) is 14.3 Å². The van der Waals surface area contributed by atoms with E-state index in [2.05, 4.69) is 20.1 Å². The number of nitrogens with zero attached hydrogens (tertiary/aromatic N) is 4. The fourth-order valence-corrected chi connectivity index (χ4v) is 4.03. The first-order valence-electron chi connectivity index (χ1n) is 9.82. The van der Waals surface area contributed by atoms with E-state index in [1.807, 2.05) is 18.2 Å². The van der Waals surface area contributed by atoms with Gasteiger partial charge in [-0.2, -0.15) is 4.99 Å². The first kappa shape index (κ1) is 20.3. The molecule has 0 amide bonds.